The lowest BCUT2D eigenvalue weighted by Crippen LogP contribution is -2.27. The molecule has 7 heteroatoms. The molecular weight excluding hydrogens is 348 g/mol. The molecule has 3 rings (SSSR count). The quantitative estimate of drug-likeness (QED) is 0.622. The van der Waals surface area contributed by atoms with Gasteiger partial charge in [-0.2, -0.15) is 0 Å². The van der Waals surface area contributed by atoms with E-state index in [1.165, 1.54) is 11.3 Å². The van der Waals surface area contributed by atoms with Gasteiger partial charge in [-0.25, -0.2) is 4.98 Å². The number of hydrogen-bond acceptors (Lipinski definition) is 4. The summed E-state index contributed by atoms with van der Waals surface area (Å²) >= 11 is 1.37. The molecule has 0 saturated carbocycles. The van der Waals surface area contributed by atoms with Crippen LogP contribution in [-0.2, 0) is 4.79 Å². The van der Waals surface area contributed by atoms with E-state index in [1.807, 2.05) is 49.6 Å². The minimum absolute atomic E-state index is 0.152. The summed E-state index contributed by atoms with van der Waals surface area (Å²) in [6.07, 6.45) is 0.209. The van der Waals surface area contributed by atoms with Crippen molar-refractivity contribution in [1.29, 1.82) is 0 Å². The lowest BCUT2D eigenvalue weighted by atomic mass is 10.2. The fourth-order valence-corrected chi connectivity index (χ4v) is 3.08. The lowest BCUT2D eigenvalue weighted by Gasteiger charge is -2.07. The van der Waals surface area contributed by atoms with Gasteiger partial charge in [0.05, 0.1) is 10.6 Å². The zero-order chi connectivity index (χ0) is 18.5. The number of nitrogens with zero attached hydrogens (tertiary/aromatic N) is 1. The summed E-state index contributed by atoms with van der Waals surface area (Å²) in [5.74, 6) is 0.470. The first-order valence-corrected chi connectivity index (χ1v) is 9.16. The molecule has 0 aliphatic heterocycles. The summed E-state index contributed by atoms with van der Waals surface area (Å²) in [6.45, 7) is 4.21. The second-order valence-electron chi connectivity index (χ2n) is 5.91. The third-order valence-corrected chi connectivity index (χ3v) is 4.80. The summed E-state index contributed by atoms with van der Waals surface area (Å²) < 4.78 is 0. The van der Waals surface area contributed by atoms with Crippen LogP contribution in [0, 0.1) is 13.8 Å². The topological polar surface area (TPSA) is 86.9 Å². The Morgan fingerprint density at radius 1 is 1.19 bits per heavy atom. The van der Waals surface area contributed by atoms with E-state index < -0.39 is 0 Å². The van der Waals surface area contributed by atoms with Crippen LogP contribution < -0.4 is 10.6 Å². The molecule has 0 fully saturated rings. The Bertz CT molecular complexity index is 896. The molecule has 0 spiro atoms. The smallest absolute Gasteiger partial charge is 0.261 e. The number of aromatic nitrogens is 2. The molecule has 2 amide bonds. The minimum Gasteiger partial charge on any atom is -0.351 e. The number of imidazole rings is 1. The predicted octanol–water partition coefficient (Wildman–Crippen LogP) is 3.51. The number of aromatic amines is 1. The number of carbonyl (C=O) groups excluding carboxylic acids is 2. The highest BCUT2D eigenvalue weighted by molar-refractivity contribution is 7.12. The van der Waals surface area contributed by atoms with Gasteiger partial charge in [-0.1, -0.05) is 18.2 Å². The second kappa shape index (κ2) is 7.97. The van der Waals surface area contributed by atoms with E-state index in [9.17, 15) is 9.59 Å². The average Bonchev–Trinajstić information content (AvgIpc) is 3.26. The molecule has 0 atom stereocenters. The van der Waals surface area contributed by atoms with Gasteiger partial charge in [-0.05, 0) is 37.4 Å². The number of aryl methyl sites for hydroxylation is 2. The van der Waals surface area contributed by atoms with Gasteiger partial charge in [0.15, 0.2) is 0 Å². The number of hydrogen-bond donors (Lipinski definition) is 3. The monoisotopic (exact) mass is 368 g/mol. The highest BCUT2D eigenvalue weighted by atomic mass is 32.1. The number of amides is 2. The minimum atomic E-state index is -0.154. The van der Waals surface area contributed by atoms with Crippen LogP contribution in [0.25, 0.3) is 11.4 Å². The Morgan fingerprint density at radius 3 is 2.73 bits per heavy atom. The van der Waals surface area contributed by atoms with E-state index in [0.29, 0.717) is 17.1 Å². The number of anilines is 1. The standard InChI is InChI=1S/C19H20N4O2S/c1-12-13(2)22-18(21-12)14-5-3-6-15(11-14)23-17(24)8-9-20-19(25)16-7-4-10-26-16/h3-7,10-11H,8-9H2,1-2H3,(H,20,25)(H,21,22)(H,23,24). The maximum atomic E-state index is 12.1. The maximum Gasteiger partial charge on any atom is 0.261 e. The largest absolute Gasteiger partial charge is 0.351 e. The molecule has 2 heterocycles. The molecule has 0 aliphatic rings. The summed E-state index contributed by atoms with van der Waals surface area (Å²) in [4.78, 5) is 32.3. The first-order valence-electron chi connectivity index (χ1n) is 8.28. The maximum absolute atomic E-state index is 12.1. The molecule has 6 nitrogen and oxygen atoms in total. The third-order valence-electron chi connectivity index (χ3n) is 3.93. The molecule has 1 aromatic carbocycles. The Kier molecular flexibility index (Phi) is 5.48. The van der Waals surface area contributed by atoms with Gasteiger partial charge in [-0.15, -0.1) is 11.3 Å². The van der Waals surface area contributed by atoms with E-state index in [1.54, 1.807) is 6.07 Å². The molecule has 0 radical (unpaired) electrons. The van der Waals surface area contributed by atoms with Crippen LogP contribution in [0.15, 0.2) is 41.8 Å². The van der Waals surface area contributed by atoms with E-state index in [0.717, 1.165) is 22.8 Å². The summed E-state index contributed by atoms with van der Waals surface area (Å²) in [7, 11) is 0. The van der Waals surface area contributed by atoms with Crippen molar-refractivity contribution >= 4 is 28.8 Å². The fourth-order valence-electron chi connectivity index (χ4n) is 2.44. The second-order valence-corrected chi connectivity index (χ2v) is 6.86. The Balaban J connectivity index is 1.54. The molecule has 26 heavy (non-hydrogen) atoms. The van der Waals surface area contributed by atoms with E-state index in [2.05, 4.69) is 20.6 Å². The highest BCUT2D eigenvalue weighted by Gasteiger charge is 2.09. The number of carbonyl (C=O) groups is 2. The summed E-state index contributed by atoms with van der Waals surface area (Å²) in [5, 5.41) is 7.44. The number of benzene rings is 1. The van der Waals surface area contributed by atoms with Crippen LogP contribution in [0.5, 0.6) is 0 Å². The van der Waals surface area contributed by atoms with Crippen molar-refractivity contribution in [3.63, 3.8) is 0 Å². The first kappa shape index (κ1) is 17.9. The van der Waals surface area contributed by atoms with E-state index in [4.69, 9.17) is 0 Å². The number of rotatable bonds is 6. The SMILES string of the molecule is Cc1nc(-c2cccc(NC(=O)CCNC(=O)c3cccs3)c2)[nH]c1C. The van der Waals surface area contributed by atoms with Crippen molar-refractivity contribution in [2.75, 3.05) is 11.9 Å². The normalized spacial score (nSPS) is 10.5. The highest BCUT2D eigenvalue weighted by Crippen LogP contribution is 2.21. The van der Waals surface area contributed by atoms with Gasteiger partial charge in [0, 0.05) is 29.9 Å². The predicted molar refractivity (Wildman–Crippen MR) is 103 cm³/mol. The van der Waals surface area contributed by atoms with Crippen LogP contribution in [0.1, 0.15) is 27.5 Å². The van der Waals surface area contributed by atoms with Gasteiger partial charge in [-0.3, -0.25) is 9.59 Å². The van der Waals surface area contributed by atoms with Crippen LogP contribution in [0.2, 0.25) is 0 Å². The van der Waals surface area contributed by atoms with Crippen molar-refractivity contribution in [2.45, 2.75) is 20.3 Å². The Morgan fingerprint density at radius 2 is 2.04 bits per heavy atom. The van der Waals surface area contributed by atoms with Gasteiger partial charge in [0.2, 0.25) is 5.91 Å². The number of H-pyrrole nitrogens is 1. The van der Waals surface area contributed by atoms with Crippen LogP contribution >= 0.6 is 11.3 Å². The molecule has 0 bridgehead atoms. The van der Waals surface area contributed by atoms with Gasteiger partial charge in [0.25, 0.3) is 5.91 Å². The molecule has 134 valence electrons. The van der Waals surface area contributed by atoms with Crippen molar-refractivity contribution in [1.82, 2.24) is 15.3 Å². The van der Waals surface area contributed by atoms with Crippen molar-refractivity contribution < 1.29 is 9.59 Å². The van der Waals surface area contributed by atoms with Crippen LogP contribution in [-0.4, -0.2) is 28.3 Å². The third kappa shape index (κ3) is 4.37. The Labute approximate surface area is 155 Å². The number of thiophene rings is 1. The first-order chi connectivity index (χ1) is 12.5. The van der Waals surface area contributed by atoms with Gasteiger partial charge < -0.3 is 15.6 Å². The Hall–Kier alpha value is -2.93. The van der Waals surface area contributed by atoms with Crippen molar-refractivity contribution in [3.05, 3.63) is 58.0 Å². The zero-order valence-electron chi connectivity index (χ0n) is 14.6. The van der Waals surface area contributed by atoms with Gasteiger partial charge >= 0.3 is 0 Å². The molecule has 0 unspecified atom stereocenters. The van der Waals surface area contributed by atoms with E-state index in [-0.39, 0.29) is 18.2 Å². The molecule has 3 aromatic rings. The number of nitrogens with one attached hydrogen (secondary N) is 3. The van der Waals surface area contributed by atoms with Crippen molar-refractivity contribution in [2.24, 2.45) is 0 Å². The van der Waals surface area contributed by atoms with Crippen molar-refractivity contribution in [3.8, 4) is 11.4 Å². The molecular formula is C19H20N4O2S. The lowest BCUT2D eigenvalue weighted by molar-refractivity contribution is -0.116. The van der Waals surface area contributed by atoms with Crippen LogP contribution in [0.3, 0.4) is 0 Å². The van der Waals surface area contributed by atoms with Gasteiger partial charge in [0.1, 0.15) is 5.82 Å². The molecule has 3 N–H and O–H groups in total. The van der Waals surface area contributed by atoms with Crippen LogP contribution in [0.4, 0.5) is 5.69 Å². The zero-order valence-corrected chi connectivity index (χ0v) is 15.4. The summed E-state index contributed by atoms with van der Waals surface area (Å²) in [5.41, 5.74) is 3.58. The average molecular weight is 368 g/mol. The fraction of sp³-hybridized carbons (Fsp3) is 0.211. The van der Waals surface area contributed by atoms with E-state index >= 15 is 0 Å². The molecule has 0 aliphatic carbocycles. The molecule has 2 aromatic heterocycles. The molecule has 0 saturated heterocycles. The summed E-state index contributed by atoms with van der Waals surface area (Å²) in [6, 6.07) is 11.1.